The Hall–Kier alpha value is -1.84. The van der Waals surface area contributed by atoms with Crippen molar-refractivity contribution in [3.8, 4) is 0 Å². The van der Waals surface area contributed by atoms with Crippen molar-refractivity contribution >= 4 is 17.6 Å². The number of carboxylic acids is 1. The van der Waals surface area contributed by atoms with Gasteiger partial charge in [0.2, 0.25) is 5.91 Å². The smallest absolute Gasteiger partial charge is 0.304 e. The summed E-state index contributed by atoms with van der Waals surface area (Å²) in [5, 5.41) is 11.6. The molecule has 0 aliphatic heterocycles. The Balaban J connectivity index is 2.94. The number of nitrogens with one attached hydrogen (secondary N) is 1. The van der Waals surface area contributed by atoms with Crippen LogP contribution in [0.2, 0.25) is 0 Å². The first kappa shape index (κ1) is 15.2. The minimum atomic E-state index is -0.975. The molecule has 0 spiro atoms. The van der Waals surface area contributed by atoms with E-state index >= 15 is 0 Å². The number of carbonyl (C=O) groups is 2. The first-order valence-corrected chi connectivity index (χ1v) is 6.25. The highest BCUT2D eigenvalue weighted by atomic mass is 16.4. The van der Waals surface area contributed by atoms with Crippen LogP contribution in [0.1, 0.15) is 37.0 Å². The first-order valence-electron chi connectivity index (χ1n) is 6.25. The van der Waals surface area contributed by atoms with Crippen molar-refractivity contribution in [3.63, 3.8) is 0 Å². The number of hydrogen-bond donors (Lipinski definition) is 2. The van der Waals surface area contributed by atoms with Crippen molar-refractivity contribution in [1.82, 2.24) is 0 Å². The zero-order chi connectivity index (χ0) is 14.8. The topological polar surface area (TPSA) is 66.4 Å². The van der Waals surface area contributed by atoms with E-state index in [1.165, 1.54) is 5.56 Å². The Morgan fingerprint density at radius 2 is 1.74 bits per heavy atom. The molecular formula is C15H21NO3. The van der Waals surface area contributed by atoms with Crippen molar-refractivity contribution < 1.29 is 14.7 Å². The second kappa shape index (κ2) is 5.43. The van der Waals surface area contributed by atoms with Crippen LogP contribution in [-0.2, 0) is 9.59 Å². The van der Waals surface area contributed by atoms with Crippen LogP contribution in [0.15, 0.2) is 12.1 Å². The fourth-order valence-electron chi connectivity index (χ4n) is 1.84. The van der Waals surface area contributed by atoms with E-state index in [2.05, 4.69) is 5.32 Å². The van der Waals surface area contributed by atoms with E-state index in [0.29, 0.717) is 0 Å². The highest BCUT2D eigenvalue weighted by molar-refractivity contribution is 5.97. The fourth-order valence-corrected chi connectivity index (χ4v) is 1.84. The van der Waals surface area contributed by atoms with Crippen LogP contribution in [0, 0.1) is 26.2 Å². The normalized spacial score (nSPS) is 11.2. The van der Waals surface area contributed by atoms with Crippen molar-refractivity contribution in [2.24, 2.45) is 5.41 Å². The number of rotatable bonds is 4. The van der Waals surface area contributed by atoms with Crippen molar-refractivity contribution in [3.05, 3.63) is 28.8 Å². The molecule has 0 aromatic heterocycles. The van der Waals surface area contributed by atoms with Crippen LogP contribution < -0.4 is 5.32 Å². The molecule has 1 amide bonds. The molecule has 4 heteroatoms. The van der Waals surface area contributed by atoms with Gasteiger partial charge in [0.15, 0.2) is 0 Å². The molecule has 0 saturated carbocycles. The average Bonchev–Trinajstić information content (AvgIpc) is 2.28. The van der Waals surface area contributed by atoms with Gasteiger partial charge in [0.05, 0.1) is 11.8 Å². The van der Waals surface area contributed by atoms with Crippen LogP contribution in [0.5, 0.6) is 0 Å². The Labute approximate surface area is 113 Å². The summed E-state index contributed by atoms with van der Waals surface area (Å²) < 4.78 is 0. The molecule has 104 valence electrons. The van der Waals surface area contributed by atoms with Crippen LogP contribution in [0.25, 0.3) is 0 Å². The minimum Gasteiger partial charge on any atom is -0.481 e. The molecule has 0 bridgehead atoms. The van der Waals surface area contributed by atoms with E-state index in [0.717, 1.165) is 16.8 Å². The number of aryl methyl sites for hydroxylation is 1. The number of hydrogen-bond acceptors (Lipinski definition) is 2. The van der Waals surface area contributed by atoms with Gasteiger partial charge in [0.25, 0.3) is 0 Å². The summed E-state index contributed by atoms with van der Waals surface area (Å²) in [6, 6.07) is 3.80. The van der Waals surface area contributed by atoms with Gasteiger partial charge < -0.3 is 10.4 Å². The number of carboxylic acid groups (broad SMARTS) is 1. The molecule has 4 nitrogen and oxygen atoms in total. The maximum atomic E-state index is 12.1. The lowest BCUT2D eigenvalue weighted by Crippen LogP contribution is -2.33. The van der Waals surface area contributed by atoms with E-state index in [1.54, 1.807) is 13.8 Å². The summed E-state index contributed by atoms with van der Waals surface area (Å²) in [5.74, 6) is -1.25. The predicted molar refractivity (Wildman–Crippen MR) is 75.3 cm³/mol. The molecule has 19 heavy (non-hydrogen) atoms. The standard InChI is InChI=1S/C15H21NO3/c1-9-6-7-12(11(3)10(9)2)16-14(19)15(4,5)8-13(17)18/h6-7H,8H2,1-5H3,(H,16,19)(H,17,18). The Morgan fingerprint density at radius 3 is 2.26 bits per heavy atom. The Bertz CT molecular complexity index is 518. The number of amides is 1. The van der Waals surface area contributed by atoms with Gasteiger partial charge in [-0.3, -0.25) is 9.59 Å². The van der Waals surface area contributed by atoms with E-state index in [9.17, 15) is 9.59 Å². The van der Waals surface area contributed by atoms with Gasteiger partial charge >= 0.3 is 5.97 Å². The van der Waals surface area contributed by atoms with E-state index in [4.69, 9.17) is 5.11 Å². The molecule has 0 unspecified atom stereocenters. The summed E-state index contributed by atoms with van der Waals surface area (Å²) in [5.41, 5.74) is 3.12. The molecule has 0 aliphatic rings. The zero-order valence-corrected chi connectivity index (χ0v) is 12.1. The van der Waals surface area contributed by atoms with Gasteiger partial charge in [0.1, 0.15) is 0 Å². The van der Waals surface area contributed by atoms with Crippen molar-refractivity contribution in [1.29, 1.82) is 0 Å². The third-order valence-corrected chi connectivity index (χ3v) is 3.51. The molecule has 0 aliphatic carbocycles. The molecule has 2 N–H and O–H groups in total. The lowest BCUT2D eigenvalue weighted by atomic mass is 9.88. The van der Waals surface area contributed by atoms with Gasteiger partial charge in [-0.05, 0) is 43.5 Å². The lowest BCUT2D eigenvalue weighted by molar-refractivity contribution is -0.142. The summed E-state index contributed by atoms with van der Waals surface area (Å²) in [4.78, 5) is 22.9. The van der Waals surface area contributed by atoms with Gasteiger partial charge in [-0.1, -0.05) is 19.9 Å². The molecule has 0 atom stereocenters. The zero-order valence-electron chi connectivity index (χ0n) is 12.1. The quantitative estimate of drug-likeness (QED) is 0.877. The summed E-state index contributed by atoms with van der Waals surface area (Å²) in [6.07, 6.45) is -0.192. The number of aliphatic carboxylic acids is 1. The highest BCUT2D eigenvalue weighted by Crippen LogP contribution is 2.26. The maximum Gasteiger partial charge on any atom is 0.304 e. The molecule has 0 heterocycles. The molecule has 0 fully saturated rings. The van der Waals surface area contributed by atoms with Crippen molar-refractivity contribution in [2.75, 3.05) is 5.32 Å². The van der Waals surface area contributed by atoms with Gasteiger partial charge in [0, 0.05) is 5.69 Å². The molecule has 1 aromatic rings. The Morgan fingerprint density at radius 1 is 1.16 bits per heavy atom. The summed E-state index contributed by atoms with van der Waals surface area (Å²) in [7, 11) is 0. The van der Waals surface area contributed by atoms with Gasteiger partial charge in [-0.2, -0.15) is 0 Å². The highest BCUT2D eigenvalue weighted by Gasteiger charge is 2.30. The predicted octanol–water partition coefficient (Wildman–Crippen LogP) is 3.05. The maximum absolute atomic E-state index is 12.1. The first-order chi connectivity index (χ1) is 8.65. The summed E-state index contributed by atoms with van der Waals surface area (Å²) in [6.45, 7) is 9.23. The average molecular weight is 263 g/mol. The minimum absolute atomic E-state index is 0.192. The molecule has 1 aromatic carbocycles. The van der Waals surface area contributed by atoms with E-state index in [-0.39, 0.29) is 12.3 Å². The molecular weight excluding hydrogens is 242 g/mol. The third kappa shape index (κ3) is 3.56. The monoisotopic (exact) mass is 263 g/mol. The second-order valence-electron chi connectivity index (χ2n) is 5.59. The van der Waals surface area contributed by atoms with E-state index < -0.39 is 11.4 Å². The van der Waals surface area contributed by atoms with Gasteiger partial charge in [-0.25, -0.2) is 0 Å². The third-order valence-electron chi connectivity index (χ3n) is 3.51. The van der Waals surface area contributed by atoms with Crippen LogP contribution in [-0.4, -0.2) is 17.0 Å². The summed E-state index contributed by atoms with van der Waals surface area (Å²) >= 11 is 0. The number of benzene rings is 1. The van der Waals surface area contributed by atoms with Gasteiger partial charge in [-0.15, -0.1) is 0 Å². The molecule has 0 saturated heterocycles. The molecule has 1 rings (SSSR count). The second-order valence-corrected chi connectivity index (χ2v) is 5.59. The lowest BCUT2D eigenvalue weighted by Gasteiger charge is -2.22. The molecule has 0 radical (unpaired) electrons. The van der Waals surface area contributed by atoms with Crippen LogP contribution in [0.4, 0.5) is 5.69 Å². The SMILES string of the molecule is Cc1ccc(NC(=O)C(C)(C)CC(=O)O)c(C)c1C. The van der Waals surface area contributed by atoms with Crippen LogP contribution in [0.3, 0.4) is 0 Å². The fraction of sp³-hybridized carbons (Fsp3) is 0.467. The Kier molecular flexibility index (Phi) is 4.35. The largest absolute Gasteiger partial charge is 0.481 e. The van der Waals surface area contributed by atoms with Crippen LogP contribution >= 0.6 is 0 Å². The van der Waals surface area contributed by atoms with Crippen molar-refractivity contribution in [2.45, 2.75) is 41.0 Å². The number of carbonyl (C=O) groups excluding carboxylic acids is 1. The van der Waals surface area contributed by atoms with E-state index in [1.807, 2.05) is 32.9 Å². The number of anilines is 1.